The van der Waals surface area contributed by atoms with E-state index in [1.54, 1.807) is 11.8 Å². The number of aromatic nitrogens is 3. The van der Waals surface area contributed by atoms with Gasteiger partial charge < -0.3 is 9.40 Å². The Hall–Kier alpha value is -3.31. The van der Waals surface area contributed by atoms with Crippen molar-refractivity contribution in [3.63, 3.8) is 0 Å². The van der Waals surface area contributed by atoms with Crippen LogP contribution in [0.5, 0.6) is 0 Å². The molecule has 2 heterocycles. The molecule has 0 amide bonds. The Morgan fingerprint density at radius 1 is 0.821 bits per heavy atom. The first-order valence-electron chi connectivity index (χ1n) is 9.04. The maximum Gasteiger partial charge on any atom is 0.277 e. The van der Waals surface area contributed by atoms with Gasteiger partial charge in [0.15, 0.2) is 0 Å². The summed E-state index contributed by atoms with van der Waals surface area (Å²) in [4.78, 5) is 3.30. The fourth-order valence-corrected chi connectivity index (χ4v) is 3.92. The molecule has 5 rings (SSSR count). The first-order valence-corrected chi connectivity index (χ1v) is 10.0. The van der Waals surface area contributed by atoms with Gasteiger partial charge in [-0.15, -0.1) is 10.2 Å². The van der Waals surface area contributed by atoms with Crippen LogP contribution >= 0.6 is 11.8 Å². The molecule has 0 aliphatic heterocycles. The first kappa shape index (κ1) is 16.8. The molecule has 2 aromatic heterocycles. The largest absolute Gasteiger partial charge is 0.411 e. The zero-order valence-electron chi connectivity index (χ0n) is 15.0. The molecule has 28 heavy (non-hydrogen) atoms. The van der Waals surface area contributed by atoms with E-state index in [2.05, 4.69) is 57.6 Å². The van der Waals surface area contributed by atoms with E-state index in [1.165, 1.54) is 11.1 Å². The number of hydrogen-bond donors (Lipinski definition) is 1. The van der Waals surface area contributed by atoms with Gasteiger partial charge in [0.25, 0.3) is 11.1 Å². The average molecular weight is 383 g/mol. The second-order valence-electron chi connectivity index (χ2n) is 6.48. The highest BCUT2D eigenvalue weighted by Gasteiger charge is 2.14. The molecule has 0 spiro atoms. The first-order chi connectivity index (χ1) is 13.9. The Labute approximate surface area is 166 Å². The summed E-state index contributed by atoms with van der Waals surface area (Å²) >= 11 is 1.55. The fourth-order valence-electron chi connectivity index (χ4n) is 3.20. The molecular formula is C23H17N3OS. The summed E-state index contributed by atoms with van der Waals surface area (Å²) in [6.07, 6.45) is 1.93. The van der Waals surface area contributed by atoms with E-state index in [4.69, 9.17) is 4.42 Å². The third kappa shape index (κ3) is 3.32. The number of aromatic amines is 1. The van der Waals surface area contributed by atoms with Crippen LogP contribution in [-0.2, 0) is 5.75 Å². The Balaban J connectivity index is 1.44. The van der Waals surface area contributed by atoms with Gasteiger partial charge in [-0.3, -0.25) is 0 Å². The maximum absolute atomic E-state index is 5.92. The van der Waals surface area contributed by atoms with Crippen molar-refractivity contribution < 1.29 is 4.42 Å². The number of fused-ring (bicyclic) bond motifs is 1. The van der Waals surface area contributed by atoms with Crippen LogP contribution in [0, 0.1) is 0 Å². The van der Waals surface area contributed by atoms with E-state index >= 15 is 0 Å². The standard InChI is InChI=1S/C23H17N3OS/c1-3-7-16(8-4-1)15-28-23-26-25-22(27-23)20-14-24-21-12-11-18(13-19(20)21)17-9-5-2-6-10-17/h1-14,24H,15H2. The van der Waals surface area contributed by atoms with Crippen molar-refractivity contribution in [3.05, 3.63) is 90.6 Å². The van der Waals surface area contributed by atoms with Gasteiger partial charge in [-0.1, -0.05) is 78.5 Å². The van der Waals surface area contributed by atoms with E-state index < -0.39 is 0 Å². The average Bonchev–Trinajstić information content (AvgIpc) is 3.40. The number of benzene rings is 3. The molecule has 136 valence electrons. The molecule has 5 aromatic rings. The van der Waals surface area contributed by atoms with Crippen molar-refractivity contribution in [2.24, 2.45) is 0 Å². The monoisotopic (exact) mass is 383 g/mol. The molecule has 0 bridgehead atoms. The van der Waals surface area contributed by atoms with E-state index in [0.29, 0.717) is 11.1 Å². The lowest BCUT2D eigenvalue weighted by Crippen LogP contribution is -1.79. The van der Waals surface area contributed by atoms with Crippen LogP contribution < -0.4 is 0 Å². The van der Waals surface area contributed by atoms with Crippen molar-refractivity contribution in [1.29, 1.82) is 0 Å². The normalized spacial score (nSPS) is 11.1. The van der Waals surface area contributed by atoms with Crippen molar-refractivity contribution in [1.82, 2.24) is 15.2 Å². The quantitative estimate of drug-likeness (QED) is 0.368. The summed E-state index contributed by atoms with van der Waals surface area (Å²) in [5.74, 6) is 1.33. The number of rotatable bonds is 5. The number of nitrogens with zero attached hydrogens (tertiary/aromatic N) is 2. The molecule has 0 aliphatic carbocycles. The summed E-state index contributed by atoms with van der Waals surface area (Å²) in [6, 6.07) is 27.0. The van der Waals surface area contributed by atoms with Gasteiger partial charge in [-0.2, -0.15) is 0 Å². The van der Waals surface area contributed by atoms with E-state index in [1.807, 2.05) is 42.6 Å². The summed E-state index contributed by atoms with van der Waals surface area (Å²) in [5.41, 5.74) is 5.54. The molecule has 0 radical (unpaired) electrons. The number of H-pyrrole nitrogens is 1. The van der Waals surface area contributed by atoms with Crippen LogP contribution in [0.1, 0.15) is 5.56 Å². The van der Waals surface area contributed by atoms with Crippen molar-refractivity contribution in [2.75, 3.05) is 0 Å². The molecule has 1 N–H and O–H groups in total. The molecule has 0 aliphatic rings. The highest BCUT2D eigenvalue weighted by molar-refractivity contribution is 7.98. The Morgan fingerprint density at radius 2 is 1.61 bits per heavy atom. The third-order valence-electron chi connectivity index (χ3n) is 4.63. The van der Waals surface area contributed by atoms with Gasteiger partial charge in [-0.05, 0) is 28.8 Å². The van der Waals surface area contributed by atoms with E-state index in [9.17, 15) is 0 Å². The lowest BCUT2D eigenvalue weighted by molar-refractivity contribution is 0.466. The van der Waals surface area contributed by atoms with Gasteiger partial charge in [0, 0.05) is 22.9 Å². The van der Waals surface area contributed by atoms with Gasteiger partial charge in [0.05, 0.1) is 5.56 Å². The Morgan fingerprint density at radius 3 is 2.43 bits per heavy atom. The third-order valence-corrected chi connectivity index (χ3v) is 5.52. The SMILES string of the molecule is c1ccc(CSc2nnc(-c3c[nH]c4ccc(-c5ccccc5)cc34)o2)cc1. The topological polar surface area (TPSA) is 54.7 Å². The Bertz CT molecular complexity index is 1210. The number of thioether (sulfide) groups is 1. The van der Waals surface area contributed by atoms with Crippen LogP contribution in [0.4, 0.5) is 0 Å². The second-order valence-corrected chi connectivity index (χ2v) is 7.40. The van der Waals surface area contributed by atoms with Gasteiger partial charge in [0.1, 0.15) is 0 Å². The van der Waals surface area contributed by atoms with Crippen molar-refractivity contribution in [3.8, 4) is 22.6 Å². The highest BCUT2D eigenvalue weighted by atomic mass is 32.2. The van der Waals surface area contributed by atoms with Gasteiger partial charge in [0.2, 0.25) is 0 Å². The molecule has 0 fully saturated rings. The Kier molecular flexibility index (Phi) is 4.43. The van der Waals surface area contributed by atoms with Crippen molar-refractivity contribution >= 4 is 22.7 Å². The summed E-state index contributed by atoms with van der Waals surface area (Å²) < 4.78 is 5.92. The van der Waals surface area contributed by atoms with Crippen LogP contribution in [0.2, 0.25) is 0 Å². The predicted molar refractivity (Wildman–Crippen MR) is 113 cm³/mol. The molecule has 0 saturated heterocycles. The van der Waals surface area contributed by atoms with Crippen LogP contribution in [0.3, 0.4) is 0 Å². The van der Waals surface area contributed by atoms with Crippen LogP contribution in [0.15, 0.2) is 94.7 Å². The summed E-state index contributed by atoms with van der Waals surface area (Å²) in [6.45, 7) is 0. The number of hydrogen-bond acceptors (Lipinski definition) is 4. The molecule has 0 atom stereocenters. The fraction of sp³-hybridized carbons (Fsp3) is 0.0435. The second kappa shape index (κ2) is 7.37. The maximum atomic E-state index is 5.92. The minimum Gasteiger partial charge on any atom is -0.411 e. The highest BCUT2D eigenvalue weighted by Crippen LogP contribution is 2.33. The van der Waals surface area contributed by atoms with E-state index in [0.717, 1.165) is 27.8 Å². The lowest BCUT2D eigenvalue weighted by atomic mass is 10.0. The predicted octanol–water partition coefficient (Wildman–Crippen LogP) is 6.18. The minimum atomic E-state index is 0.534. The molecule has 0 unspecified atom stereocenters. The smallest absolute Gasteiger partial charge is 0.277 e. The van der Waals surface area contributed by atoms with E-state index in [-0.39, 0.29) is 0 Å². The zero-order valence-corrected chi connectivity index (χ0v) is 15.8. The summed E-state index contributed by atoms with van der Waals surface area (Å²) in [7, 11) is 0. The molecule has 3 aromatic carbocycles. The van der Waals surface area contributed by atoms with Crippen molar-refractivity contribution in [2.45, 2.75) is 11.0 Å². The van der Waals surface area contributed by atoms with Crippen LogP contribution in [0.25, 0.3) is 33.5 Å². The molecule has 5 heteroatoms. The van der Waals surface area contributed by atoms with Gasteiger partial charge >= 0.3 is 0 Å². The molecule has 4 nitrogen and oxygen atoms in total. The number of nitrogens with one attached hydrogen (secondary N) is 1. The molecular weight excluding hydrogens is 366 g/mol. The molecule has 0 saturated carbocycles. The van der Waals surface area contributed by atoms with Crippen LogP contribution in [-0.4, -0.2) is 15.2 Å². The zero-order chi connectivity index (χ0) is 18.8. The summed E-state index contributed by atoms with van der Waals surface area (Å²) in [5, 5.41) is 10.1. The lowest BCUT2D eigenvalue weighted by Gasteiger charge is -2.02. The van der Waals surface area contributed by atoms with Gasteiger partial charge in [-0.25, -0.2) is 0 Å². The minimum absolute atomic E-state index is 0.534.